The zero-order chi connectivity index (χ0) is 5.61. The lowest BCUT2D eigenvalue weighted by atomic mass is 10.2. The van der Waals surface area contributed by atoms with E-state index in [-0.39, 0.29) is 12.0 Å². The molecule has 1 spiro atoms. The first-order valence-corrected chi connectivity index (χ1v) is 2.88. The Morgan fingerprint density at radius 2 is 2.38 bits per heavy atom. The summed E-state index contributed by atoms with van der Waals surface area (Å²) in [6.07, 6.45) is 1.85. The van der Waals surface area contributed by atoms with Crippen LogP contribution < -0.4 is 5.73 Å². The highest BCUT2D eigenvalue weighted by atomic mass is 16.8. The van der Waals surface area contributed by atoms with Gasteiger partial charge >= 0.3 is 0 Å². The Morgan fingerprint density at radius 3 is 2.62 bits per heavy atom. The molecule has 0 radical (unpaired) electrons. The van der Waals surface area contributed by atoms with Crippen LogP contribution in [0.25, 0.3) is 0 Å². The Labute approximate surface area is 47.8 Å². The first kappa shape index (κ1) is 4.73. The second-order valence-electron chi connectivity index (χ2n) is 2.39. The van der Waals surface area contributed by atoms with Gasteiger partial charge in [-0.3, -0.25) is 0 Å². The normalized spacial score (nSPS) is 52.9. The van der Waals surface area contributed by atoms with Crippen molar-refractivity contribution in [3.8, 4) is 0 Å². The fourth-order valence-corrected chi connectivity index (χ4v) is 1.05. The Bertz CT molecular complexity index is 111. The van der Waals surface area contributed by atoms with Crippen molar-refractivity contribution in [2.24, 2.45) is 5.73 Å². The largest absolute Gasteiger partial charge is 0.342 e. The topological polar surface area (TPSA) is 47.8 Å². The molecule has 0 bridgehead atoms. The fraction of sp³-hybridized carbons (Fsp3) is 1.00. The van der Waals surface area contributed by atoms with Gasteiger partial charge in [-0.25, -0.2) is 0 Å². The van der Waals surface area contributed by atoms with Crippen molar-refractivity contribution < 1.29 is 9.47 Å². The van der Waals surface area contributed by atoms with E-state index in [9.17, 15) is 0 Å². The highest BCUT2D eigenvalue weighted by Gasteiger charge is 2.51. The minimum Gasteiger partial charge on any atom is -0.342 e. The molecule has 0 saturated carbocycles. The average molecular weight is 115 g/mol. The molecule has 3 heteroatoms. The maximum atomic E-state index is 5.45. The minimum absolute atomic E-state index is 0.0718. The molecule has 2 fully saturated rings. The number of epoxide rings is 1. The van der Waals surface area contributed by atoms with Crippen LogP contribution in [0.2, 0.25) is 0 Å². The highest BCUT2D eigenvalue weighted by molar-refractivity contribution is 4.87. The second-order valence-corrected chi connectivity index (χ2v) is 2.39. The molecule has 2 N–H and O–H groups in total. The van der Waals surface area contributed by atoms with E-state index in [1.54, 1.807) is 0 Å². The molecule has 2 saturated heterocycles. The van der Waals surface area contributed by atoms with Gasteiger partial charge in [0.05, 0.1) is 0 Å². The summed E-state index contributed by atoms with van der Waals surface area (Å²) in [7, 11) is 0. The van der Waals surface area contributed by atoms with Crippen molar-refractivity contribution in [3.63, 3.8) is 0 Å². The van der Waals surface area contributed by atoms with Gasteiger partial charge < -0.3 is 15.2 Å². The lowest BCUT2D eigenvalue weighted by Gasteiger charge is -2.01. The Morgan fingerprint density at radius 1 is 1.62 bits per heavy atom. The predicted octanol–water partition coefficient (Wildman–Crippen LogP) is -0.192. The van der Waals surface area contributed by atoms with Gasteiger partial charge in [0.15, 0.2) is 5.79 Å². The van der Waals surface area contributed by atoms with Crippen LogP contribution in [0.4, 0.5) is 0 Å². The van der Waals surface area contributed by atoms with E-state index in [0.29, 0.717) is 0 Å². The minimum atomic E-state index is -0.209. The van der Waals surface area contributed by atoms with Gasteiger partial charge in [-0.05, 0) is 6.42 Å². The van der Waals surface area contributed by atoms with Gasteiger partial charge in [0.25, 0.3) is 0 Å². The van der Waals surface area contributed by atoms with E-state index in [1.165, 1.54) is 0 Å². The quantitative estimate of drug-likeness (QED) is 0.445. The first-order valence-electron chi connectivity index (χ1n) is 2.88. The molecule has 2 atom stereocenters. The van der Waals surface area contributed by atoms with Gasteiger partial charge in [0.1, 0.15) is 12.8 Å². The molecule has 2 aliphatic heterocycles. The molecule has 0 aromatic heterocycles. The first-order chi connectivity index (χ1) is 3.81. The van der Waals surface area contributed by atoms with E-state index >= 15 is 0 Å². The van der Waals surface area contributed by atoms with Crippen LogP contribution in [0, 0.1) is 0 Å². The fourth-order valence-electron chi connectivity index (χ4n) is 1.05. The maximum Gasteiger partial charge on any atom is 0.194 e. The number of hydrogen-bond acceptors (Lipinski definition) is 3. The van der Waals surface area contributed by atoms with E-state index in [1.807, 2.05) is 0 Å². The molecule has 2 unspecified atom stereocenters. The zero-order valence-electron chi connectivity index (χ0n) is 4.59. The highest BCUT2D eigenvalue weighted by Crippen LogP contribution is 2.39. The van der Waals surface area contributed by atoms with Crippen LogP contribution in [-0.4, -0.2) is 18.6 Å². The molecule has 3 nitrogen and oxygen atoms in total. The van der Waals surface area contributed by atoms with E-state index in [4.69, 9.17) is 15.2 Å². The van der Waals surface area contributed by atoms with Gasteiger partial charge in [-0.2, -0.15) is 0 Å². The third-order valence-corrected chi connectivity index (χ3v) is 1.64. The lowest BCUT2D eigenvalue weighted by Crippen LogP contribution is -2.20. The molecule has 0 aromatic rings. The smallest absolute Gasteiger partial charge is 0.194 e. The van der Waals surface area contributed by atoms with E-state index < -0.39 is 0 Å². The molecule has 8 heavy (non-hydrogen) atoms. The van der Waals surface area contributed by atoms with E-state index in [0.717, 1.165) is 19.4 Å². The van der Waals surface area contributed by atoms with Crippen molar-refractivity contribution in [2.45, 2.75) is 24.9 Å². The van der Waals surface area contributed by atoms with Crippen molar-refractivity contribution >= 4 is 0 Å². The Hall–Kier alpha value is -0.120. The Balaban J connectivity index is 2.03. The summed E-state index contributed by atoms with van der Waals surface area (Å²) in [6, 6.07) is 0. The van der Waals surface area contributed by atoms with Crippen LogP contribution in [0.1, 0.15) is 12.8 Å². The number of rotatable bonds is 0. The van der Waals surface area contributed by atoms with Crippen molar-refractivity contribution in [3.05, 3.63) is 0 Å². The van der Waals surface area contributed by atoms with Crippen molar-refractivity contribution in [1.82, 2.24) is 0 Å². The average Bonchev–Trinajstić information content (AvgIpc) is 2.34. The third kappa shape index (κ3) is 0.555. The lowest BCUT2D eigenvalue weighted by molar-refractivity contribution is -0.0358. The molecule has 0 amide bonds. The number of ether oxygens (including phenoxy) is 2. The van der Waals surface area contributed by atoms with Crippen molar-refractivity contribution in [2.75, 3.05) is 6.61 Å². The van der Waals surface area contributed by atoms with Crippen LogP contribution >= 0.6 is 0 Å². The summed E-state index contributed by atoms with van der Waals surface area (Å²) in [6.45, 7) is 0.751. The van der Waals surface area contributed by atoms with Gasteiger partial charge in [0.2, 0.25) is 0 Å². The molecule has 46 valence electrons. The van der Waals surface area contributed by atoms with Crippen LogP contribution in [-0.2, 0) is 9.47 Å². The predicted molar refractivity (Wildman–Crippen MR) is 27.0 cm³/mol. The molecule has 2 heterocycles. The maximum absolute atomic E-state index is 5.45. The van der Waals surface area contributed by atoms with Crippen LogP contribution in [0.15, 0.2) is 0 Å². The summed E-state index contributed by atoms with van der Waals surface area (Å²) < 4.78 is 10.2. The summed E-state index contributed by atoms with van der Waals surface area (Å²) in [5.41, 5.74) is 5.45. The monoisotopic (exact) mass is 115 g/mol. The molecule has 2 aliphatic rings. The summed E-state index contributed by atoms with van der Waals surface area (Å²) in [5, 5.41) is 0. The standard InChI is InChI=1S/C5H9NO2/c6-4-1-2-5(8-4)3-7-5/h4H,1-3,6H2. The zero-order valence-corrected chi connectivity index (χ0v) is 4.59. The summed E-state index contributed by atoms with van der Waals surface area (Å²) >= 11 is 0. The summed E-state index contributed by atoms with van der Waals surface area (Å²) in [5.74, 6) is -0.209. The SMILES string of the molecule is NC1CCC2(CO2)O1. The molecular weight excluding hydrogens is 106 g/mol. The Kier molecular flexibility index (Phi) is 0.730. The van der Waals surface area contributed by atoms with E-state index in [2.05, 4.69) is 0 Å². The van der Waals surface area contributed by atoms with Crippen LogP contribution in [0.3, 0.4) is 0 Å². The number of hydrogen-bond donors (Lipinski definition) is 1. The van der Waals surface area contributed by atoms with Gasteiger partial charge in [-0.1, -0.05) is 0 Å². The van der Waals surface area contributed by atoms with Gasteiger partial charge in [-0.15, -0.1) is 0 Å². The number of nitrogens with two attached hydrogens (primary N) is 1. The van der Waals surface area contributed by atoms with Crippen molar-refractivity contribution in [1.29, 1.82) is 0 Å². The molecular formula is C5H9NO2. The summed E-state index contributed by atoms with van der Waals surface area (Å²) in [4.78, 5) is 0. The molecule has 2 rings (SSSR count). The van der Waals surface area contributed by atoms with Gasteiger partial charge in [0, 0.05) is 6.42 Å². The second kappa shape index (κ2) is 1.23. The van der Waals surface area contributed by atoms with Crippen LogP contribution in [0.5, 0.6) is 0 Å². The molecule has 0 aromatic carbocycles. The third-order valence-electron chi connectivity index (χ3n) is 1.64. The molecule has 0 aliphatic carbocycles.